The third-order valence-electron chi connectivity index (χ3n) is 4.44. The van der Waals surface area contributed by atoms with Gasteiger partial charge in [0, 0.05) is 41.2 Å². The normalized spacial score (nSPS) is 11.5. The van der Waals surface area contributed by atoms with E-state index in [0.717, 1.165) is 17.6 Å². The first-order valence-corrected chi connectivity index (χ1v) is 8.91. The maximum Gasteiger partial charge on any atom is 0.416 e. The molecule has 11 heteroatoms. The molecule has 0 saturated heterocycles. The number of carbonyl (C=O) groups excluding carboxylic acids is 1. The van der Waals surface area contributed by atoms with Gasteiger partial charge in [0.15, 0.2) is 5.82 Å². The molecule has 0 aliphatic heterocycles. The topological polar surface area (TPSA) is 120 Å². The van der Waals surface area contributed by atoms with Crippen molar-refractivity contribution in [2.45, 2.75) is 13.1 Å². The third-order valence-corrected chi connectivity index (χ3v) is 4.44. The Morgan fingerprint density at radius 3 is 2.61 bits per heavy atom. The molecule has 0 saturated carbocycles. The Morgan fingerprint density at radius 1 is 1.03 bits per heavy atom. The van der Waals surface area contributed by atoms with E-state index in [9.17, 15) is 18.0 Å². The van der Waals surface area contributed by atoms with E-state index in [1.165, 1.54) is 0 Å². The van der Waals surface area contributed by atoms with Crippen LogP contribution in [0.1, 0.15) is 21.7 Å². The van der Waals surface area contributed by atoms with Gasteiger partial charge in [-0.1, -0.05) is 0 Å². The molecule has 31 heavy (non-hydrogen) atoms. The minimum atomic E-state index is -4.59. The second-order valence-corrected chi connectivity index (χ2v) is 6.64. The quantitative estimate of drug-likeness (QED) is 0.514. The number of halogens is 3. The molecule has 0 spiro atoms. The van der Waals surface area contributed by atoms with Gasteiger partial charge in [-0.2, -0.15) is 18.3 Å². The molecule has 0 aliphatic carbocycles. The number of alkyl halides is 3. The average Bonchev–Trinajstić information content (AvgIpc) is 2.74. The largest absolute Gasteiger partial charge is 0.416 e. The molecule has 8 nitrogen and oxygen atoms in total. The Balaban J connectivity index is 1.64. The molecule has 0 aliphatic rings. The monoisotopic (exact) mass is 425 g/mol. The van der Waals surface area contributed by atoms with E-state index in [2.05, 4.69) is 30.5 Å². The van der Waals surface area contributed by atoms with Crippen LogP contribution in [-0.4, -0.2) is 31.1 Å². The zero-order valence-corrected chi connectivity index (χ0v) is 16.0. The highest BCUT2D eigenvalue weighted by Crippen LogP contribution is 2.29. The maximum absolute atomic E-state index is 12.9. The van der Waals surface area contributed by atoms with Gasteiger partial charge in [-0.25, -0.2) is 4.98 Å². The lowest BCUT2D eigenvalue weighted by molar-refractivity contribution is -0.137. The van der Waals surface area contributed by atoms with Gasteiger partial charge in [0.1, 0.15) is 11.5 Å². The minimum Gasteiger partial charge on any atom is -0.384 e. The number of anilines is 2. The summed E-state index contributed by atoms with van der Waals surface area (Å²) in [5.74, 6) is -0.436. The Labute approximate surface area is 173 Å². The molecule has 0 bridgehead atoms. The number of aromatic nitrogens is 5. The van der Waals surface area contributed by atoms with Crippen LogP contribution in [0.4, 0.5) is 24.8 Å². The van der Waals surface area contributed by atoms with Crippen LogP contribution in [-0.2, 0) is 6.18 Å². The second-order valence-electron chi connectivity index (χ2n) is 6.64. The number of nitrogen functional groups attached to an aromatic ring is 1. The molecule has 156 valence electrons. The van der Waals surface area contributed by atoms with Gasteiger partial charge in [0.05, 0.1) is 16.8 Å². The molecule has 1 amide bonds. The van der Waals surface area contributed by atoms with Crippen LogP contribution in [0.15, 0.2) is 48.9 Å². The molecular weight excluding hydrogens is 411 g/mol. The van der Waals surface area contributed by atoms with Crippen molar-refractivity contribution in [3.05, 3.63) is 65.9 Å². The Kier molecular flexibility index (Phi) is 4.93. The highest BCUT2D eigenvalue weighted by Gasteiger charge is 2.31. The fourth-order valence-corrected chi connectivity index (χ4v) is 2.90. The Morgan fingerprint density at radius 2 is 1.84 bits per heavy atom. The van der Waals surface area contributed by atoms with Crippen LogP contribution >= 0.6 is 0 Å². The molecule has 0 aromatic carbocycles. The summed E-state index contributed by atoms with van der Waals surface area (Å²) in [5, 5.41) is 11.1. The van der Waals surface area contributed by atoms with Gasteiger partial charge >= 0.3 is 6.18 Å². The van der Waals surface area contributed by atoms with E-state index in [1.54, 1.807) is 31.5 Å². The summed E-state index contributed by atoms with van der Waals surface area (Å²) in [4.78, 5) is 24.5. The molecule has 0 radical (unpaired) electrons. The van der Waals surface area contributed by atoms with Crippen molar-refractivity contribution in [1.29, 1.82) is 0 Å². The second kappa shape index (κ2) is 7.59. The van der Waals surface area contributed by atoms with E-state index < -0.39 is 23.3 Å². The van der Waals surface area contributed by atoms with Crippen LogP contribution in [0.3, 0.4) is 0 Å². The van der Waals surface area contributed by atoms with Gasteiger partial charge in [0.2, 0.25) is 0 Å². The summed E-state index contributed by atoms with van der Waals surface area (Å²) in [6, 6.07) is 6.49. The van der Waals surface area contributed by atoms with Crippen molar-refractivity contribution >= 4 is 28.4 Å². The van der Waals surface area contributed by atoms with Crippen molar-refractivity contribution in [2.75, 3.05) is 11.1 Å². The molecular formula is C20H14F3N7O. The Bertz CT molecular complexity index is 1310. The van der Waals surface area contributed by atoms with Gasteiger partial charge in [-0.15, -0.1) is 5.10 Å². The number of nitrogens with one attached hydrogen (secondary N) is 1. The number of carbonyl (C=O) groups is 1. The fourth-order valence-electron chi connectivity index (χ4n) is 2.90. The third kappa shape index (κ3) is 4.25. The Hall–Kier alpha value is -4.15. The van der Waals surface area contributed by atoms with Crippen LogP contribution in [0.25, 0.3) is 22.0 Å². The molecule has 4 rings (SSSR count). The van der Waals surface area contributed by atoms with Crippen LogP contribution in [0, 0.1) is 6.92 Å². The van der Waals surface area contributed by atoms with E-state index in [0.29, 0.717) is 34.2 Å². The summed E-state index contributed by atoms with van der Waals surface area (Å²) >= 11 is 0. The summed E-state index contributed by atoms with van der Waals surface area (Å²) < 4.78 is 38.6. The number of rotatable bonds is 3. The number of amides is 1. The number of aryl methyl sites for hydroxylation is 1. The lowest BCUT2D eigenvalue weighted by Gasteiger charge is -2.10. The first-order chi connectivity index (χ1) is 14.7. The fraction of sp³-hybridized carbons (Fsp3) is 0.100. The highest BCUT2D eigenvalue weighted by atomic mass is 19.4. The van der Waals surface area contributed by atoms with Crippen LogP contribution in [0.5, 0.6) is 0 Å². The molecule has 0 unspecified atom stereocenters. The highest BCUT2D eigenvalue weighted by molar-refractivity contribution is 6.02. The van der Waals surface area contributed by atoms with E-state index in [4.69, 9.17) is 5.73 Å². The first-order valence-electron chi connectivity index (χ1n) is 8.91. The molecule has 4 aromatic heterocycles. The zero-order valence-electron chi connectivity index (χ0n) is 16.0. The number of fused-ring (bicyclic) bond motifs is 1. The summed E-state index contributed by atoms with van der Waals surface area (Å²) in [7, 11) is 0. The summed E-state index contributed by atoms with van der Waals surface area (Å²) in [6.45, 7) is 1.73. The minimum absolute atomic E-state index is 0.0559. The molecule has 4 heterocycles. The predicted octanol–water partition coefficient (Wildman–Crippen LogP) is 3.64. The van der Waals surface area contributed by atoms with Crippen molar-refractivity contribution in [2.24, 2.45) is 0 Å². The molecule has 4 aromatic rings. The van der Waals surface area contributed by atoms with Gasteiger partial charge in [-0.3, -0.25) is 14.8 Å². The number of hydrogen-bond donors (Lipinski definition) is 2. The van der Waals surface area contributed by atoms with Gasteiger partial charge in [0.25, 0.3) is 5.91 Å². The lowest BCUT2D eigenvalue weighted by Crippen LogP contribution is -2.17. The van der Waals surface area contributed by atoms with E-state index in [-0.39, 0.29) is 5.82 Å². The van der Waals surface area contributed by atoms with Crippen molar-refractivity contribution in [1.82, 2.24) is 25.1 Å². The van der Waals surface area contributed by atoms with E-state index in [1.807, 2.05) is 6.07 Å². The predicted molar refractivity (Wildman–Crippen MR) is 107 cm³/mol. The SMILES string of the molecule is Cc1nnc(NC(=O)c2cc(C(F)(F)F)ccn2)cc1-c1cnc2cc(N)ncc2c1. The lowest BCUT2D eigenvalue weighted by atomic mass is 10.1. The number of hydrogen-bond acceptors (Lipinski definition) is 7. The van der Waals surface area contributed by atoms with Crippen molar-refractivity contribution < 1.29 is 18.0 Å². The van der Waals surface area contributed by atoms with Gasteiger partial charge in [-0.05, 0) is 31.2 Å². The van der Waals surface area contributed by atoms with Crippen LogP contribution in [0.2, 0.25) is 0 Å². The smallest absolute Gasteiger partial charge is 0.384 e. The zero-order chi connectivity index (χ0) is 22.2. The summed E-state index contributed by atoms with van der Waals surface area (Å²) in [6.07, 6.45) is -0.457. The average molecular weight is 425 g/mol. The number of nitrogens with zero attached hydrogens (tertiary/aromatic N) is 5. The maximum atomic E-state index is 12.9. The number of nitrogens with two attached hydrogens (primary N) is 1. The van der Waals surface area contributed by atoms with E-state index >= 15 is 0 Å². The van der Waals surface area contributed by atoms with Gasteiger partial charge < -0.3 is 11.1 Å². The number of pyridine rings is 3. The standard InChI is InChI=1S/C20H14F3N7O/c1-10-14(11-4-12-9-27-17(24)7-15(12)26-8-11)6-18(30-29-10)28-19(31)16-5-13(2-3-25-16)20(21,22)23/h2-9H,1H3,(H2,24,27)(H,28,30,31). The summed E-state index contributed by atoms with van der Waals surface area (Å²) in [5.41, 5.74) is 6.86. The van der Waals surface area contributed by atoms with Crippen molar-refractivity contribution in [3.63, 3.8) is 0 Å². The first kappa shape index (κ1) is 20.1. The molecule has 3 N–H and O–H groups in total. The van der Waals surface area contributed by atoms with Crippen molar-refractivity contribution in [3.8, 4) is 11.1 Å². The van der Waals surface area contributed by atoms with Crippen LogP contribution < -0.4 is 11.1 Å². The molecule has 0 fully saturated rings. The molecule has 0 atom stereocenters.